The van der Waals surface area contributed by atoms with E-state index in [1.807, 2.05) is 0 Å². The maximum atomic E-state index is 12.0. The number of nitrogens with two attached hydrogens (primary N) is 2. The molecule has 1 aromatic carbocycles. The van der Waals surface area contributed by atoms with Gasteiger partial charge >= 0.3 is 0 Å². The number of methoxy groups -OCH3 is 1. The van der Waals surface area contributed by atoms with Gasteiger partial charge in [-0.3, -0.25) is 9.59 Å². The molecule has 0 aliphatic carbocycles. The van der Waals surface area contributed by atoms with Crippen LogP contribution >= 0.6 is 0 Å². The van der Waals surface area contributed by atoms with Crippen molar-refractivity contribution in [1.82, 2.24) is 0 Å². The monoisotopic (exact) mass is 293 g/mol. The average molecular weight is 293 g/mol. The molecular weight excluding hydrogens is 270 g/mol. The van der Waals surface area contributed by atoms with Crippen molar-refractivity contribution < 1.29 is 14.3 Å². The number of ketones is 1. The maximum absolute atomic E-state index is 12.0. The zero-order valence-corrected chi connectivity index (χ0v) is 12.5. The van der Waals surface area contributed by atoms with Crippen LogP contribution in [0.25, 0.3) is 0 Å². The Morgan fingerprint density at radius 1 is 1.33 bits per heavy atom. The van der Waals surface area contributed by atoms with E-state index < -0.39 is 6.04 Å². The summed E-state index contributed by atoms with van der Waals surface area (Å²) in [7, 11) is 1.49. The Morgan fingerprint density at radius 3 is 2.62 bits per heavy atom. The number of anilines is 1. The van der Waals surface area contributed by atoms with E-state index in [1.165, 1.54) is 14.0 Å². The number of amides is 1. The molecule has 0 fully saturated rings. The first-order chi connectivity index (χ1) is 9.99. The molecule has 1 amide bonds. The van der Waals surface area contributed by atoms with E-state index in [-0.39, 0.29) is 11.7 Å². The molecule has 0 aromatic heterocycles. The largest absolute Gasteiger partial charge is 0.496 e. The van der Waals surface area contributed by atoms with Crippen molar-refractivity contribution in [3.05, 3.63) is 23.8 Å². The summed E-state index contributed by atoms with van der Waals surface area (Å²) in [6.45, 7) is 2.04. The van der Waals surface area contributed by atoms with E-state index in [4.69, 9.17) is 16.2 Å². The Bertz CT molecular complexity index is 503. The Labute approximate surface area is 124 Å². The highest BCUT2D eigenvalue weighted by Gasteiger charge is 2.15. The first-order valence-electron chi connectivity index (χ1n) is 6.95. The lowest BCUT2D eigenvalue weighted by molar-refractivity contribution is -0.117. The van der Waals surface area contributed by atoms with Crippen LogP contribution in [-0.4, -0.2) is 31.4 Å². The number of Topliss-reactive ketones (excluding diaryl/α,β-unsaturated/α-hetero) is 1. The van der Waals surface area contributed by atoms with Crippen molar-refractivity contribution in [3.63, 3.8) is 0 Å². The molecule has 0 aliphatic rings. The smallest absolute Gasteiger partial charge is 0.241 e. The van der Waals surface area contributed by atoms with Crippen LogP contribution in [0.1, 0.15) is 36.5 Å². The number of carbonyl (C=O) groups excluding carboxylic acids is 2. The summed E-state index contributed by atoms with van der Waals surface area (Å²) in [6.07, 6.45) is 2.24. The summed E-state index contributed by atoms with van der Waals surface area (Å²) >= 11 is 0. The van der Waals surface area contributed by atoms with Gasteiger partial charge in [0.05, 0.1) is 18.7 Å². The number of nitrogens with one attached hydrogen (secondary N) is 1. The predicted molar refractivity (Wildman–Crippen MR) is 82.5 cm³/mol. The van der Waals surface area contributed by atoms with Crippen LogP contribution in [0.4, 0.5) is 5.69 Å². The zero-order valence-electron chi connectivity index (χ0n) is 12.5. The molecule has 0 aliphatic heterocycles. The molecular formula is C15H23N3O3. The normalized spacial score (nSPS) is 11.8. The van der Waals surface area contributed by atoms with Crippen molar-refractivity contribution in [2.24, 2.45) is 11.5 Å². The number of rotatable bonds is 8. The summed E-state index contributed by atoms with van der Waals surface area (Å²) in [6, 6.07) is 4.33. The van der Waals surface area contributed by atoms with Gasteiger partial charge in [0, 0.05) is 5.69 Å². The first-order valence-corrected chi connectivity index (χ1v) is 6.95. The third-order valence-electron chi connectivity index (χ3n) is 3.15. The van der Waals surface area contributed by atoms with E-state index in [2.05, 4.69) is 5.32 Å². The van der Waals surface area contributed by atoms with Crippen LogP contribution in [0.15, 0.2) is 18.2 Å². The number of carbonyl (C=O) groups is 2. The molecule has 0 saturated heterocycles. The minimum Gasteiger partial charge on any atom is -0.496 e. The molecule has 0 heterocycles. The van der Waals surface area contributed by atoms with Crippen molar-refractivity contribution in [3.8, 4) is 5.75 Å². The van der Waals surface area contributed by atoms with Crippen LogP contribution in [0, 0.1) is 0 Å². The van der Waals surface area contributed by atoms with Gasteiger partial charge in [0.1, 0.15) is 5.75 Å². The topological polar surface area (TPSA) is 107 Å². The first kappa shape index (κ1) is 17.1. The Morgan fingerprint density at radius 2 is 2.05 bits per heavy atom. The SMILES string of the molecule is COc1ccc(NC(=O)[C@@H](N)CCCCN)cc1C(C)=O. The van der Waals surface area contributed by atoms with E-state index in [0.29, 0.717) is 30.0 Å². The second kappa shape index (κ2) is 8.39. The summed E-state index contributed by atoms with van der Waals surface area (Å²) < 4.78 is 5.11. The molecule has 6 heteroatoms. The number of hydrogen-bond acceptors (Lipinski definition) is 5. The van der Waals surface area contributed by atoms with Crippen molar-refractivity contribution in [2.75, 3.05) is 19.0 Å². The van der Waals surface area contributed by atoms with Gasteiger partial charge in [-0.2, -0.15) is 0 Å². The second-order valence-electron chi connectivity index (χ2n) is 4.85. The van der Waals surface area contributed by atoms with Crippen molar-refractivity contribution in [2.45, 2.75) is 32.2 Å². The van der Waals surface area contributed by atoms with E-state index >= 15 is 0 Å². The molecule has 0 unspecified atom stereocenters. The van der Waals surface area contributed by atoms with Gasteiger partial charge in [-0.15, -0.1) is 0 Å². The Balaban J connectivity index is 2.72. The van der Waals surface area contributed by atoms with Gasteiger partial charge in [-0.05, 0) is 44.5 Å². The van der Waals surface area contributed by atoms with Gasteiger partial charge in [-0.25, -0.2) is 0 Å². The van der Waals surface area contributed by atoms with Gasteiger partial charge in [-0.1, -0.05) is 6.42 Å². The fraction of sp³-hybridized carbons (Fsp3) is 0.467. The minimum atomic E-state index is -0.584. The van der Waals surface area contributed by atoms with Gasteiger partial charge in [0.2, 0.25) is 5.91 Å². The average Bonchev–Trinajstić information content (AvgIpc) is 2.47. The lowest BCUT2D eigenvalue weighted by atomic mass is 10.1. The standard InChI is InChI=1S/C15H23N3O3/c1-10(19)12-9-11(6-7-14(12)21-2)18-15(20)13(17)5-3-4-8-16/h6-7,9,13H,3-5,8,16-17H2,1-2H3,(H,18,20)/t13-/m0/s1. The third kappa shape index (κ3) is 5.17. The fourth-order valence-corrected chi connectivity index (χ4v) is 1.94. The molecule has 1 aromatic rings. The minimum absolute atomic E-state index is 0.129. The quantitative estimate of drug-likeness (QED) is 0.494. The number of hydrogen-bond donors (Lipinski definition) is 3. The number of unbranched alkanes of at least 4 members (excludes halogenated alkanes) is 1. The van der Waals surface area contributed by atoms with Crippen LogP contribution in [0.2, 0.25) is 0 Å². The van der Waals surface area contributed by atoms with E-state index in [1.54, 1.807) is 18.2 Å². The second-order valence-corrected chi connectivity index (χ2v) is 4.85. The van der Waals surface area contributed by atoms with Crippen LogP contribution < -0.4 is 21.5 Å². The van der Waals surface area contributed by atoms with Gasteiger partial charge in [0.25, 0.3) is 0 Å². The van der Waals surface area contributed by atoms with Gasteiger partial charge in [0.15, 0.2) is 5.78 Å². The lowest BCUT2D eigenvalue weighted by Gasteiger charge is -2.13. The number of benzene rings is 1. The predicted octanol–water partition coefficient (Wildman–Crippen LogP) is 1.29. The summed E-state index contributed by atoms with van der Waals surface area (Å²) in [5.41, 5.74) is 12.2. The summed E-state index contributed by atoms with van der Waals surface area (Å²) in [4.78, 5) is 23.5. The Kier molecular flexibility index (Phi) is 6.84. The maximum Gasteiger partial charge on any atom is 0.241 e. The molecule has 0 spiro atoms. The van der Waals surface area contributed by atoms with Crippen LogP contribution in [0.3, 0.4) is 0 Å². The highest BCUT2D eigenvalue weighted by Crippen LogP contribution is 2.23. The highest BCUT2D eigenvalue weighted by atomic mass is 16.5. The molecule has 5 N–H and O–H groups in total. The molecule has 21 heavy (non-hydrogen) atoms. The van der Waals surface area contributed by atoms with E-state index in [9.17, 15) is 9.59 Å². The summed E-state index contributed by atoms with van der Waals surface area (Å²) in [5.74, 6) is 0.0784. The highest BCUT2D eigenvalue weighted by molar-refractivity contribution is 6.00. The molecule has 0 radical (unpaired) electrons. The van der Waals surface area contributed by atoms with E-state index in [0.717, 1.165) is 12.8 Å². The van der Waals surface area contributed by atoms with Crippen LogP contribution in [0.5, 0.6) is 5.75 Å². The molecule has 1 rings (SSSR count). The molecule has 0 saturated carbocycles. The fourth-order valence-electron chi connectivity index (χ4n) is 1.94. The number of ether oxygens (including phenoxy) is 1. The van der Waals surface area contributed by atoms with Gasteiger partial charge < -0.3 is 21.5 Å². The van der Waals surface area contributed by atoms with Crippen molar-refractivity contribution in [1.29, 1.82) is 0 Å². The molecule has 116 valence electrons. The zero-order chi connectivity index (χ0) is 15.8. The molecule has 1 atom stereocenters. The van der Waals surface area contributed by atoms with Crippen LogP contribution in [-0.2, 0) is 4.79 Å². The lowest BCUT2D eigenvalue weighted by Crippen LogP contribution is -2.35. The molecule has 6 nitrogen and oxygen atoms in total. The summed E-state index contributed by atoms with van der Waals surface area (Å²) in [5, 5.41) is 2.71. The molecule has 0 bridgehead atoms. The van der Waals surface area contributed by atoms with Crippen molar-refractivity contribution >= 4 is 17.4 Å². The Hall–Kier alpha value is -1.92. The third-order valence-corrected chi connectivity index (χ3v) is 3.15.